The van der Waals surface area contributed by atoms with E-state index in [4.69, 9.17) is 0 Å². The molecule has 0 aliphatic heterocycles. The van der Waals surface area contributed by atoms with Crippen molar-refractivity contribution in [3.8, 4) is 11.5 Å². The molecule has 0 bridgehead atoms. The summed E-state index contributed by atoms with van der Waals surface area (Å²) in [5.41, 5.74) is -3.87. The van der Waals surface area contributed by atoms with Gasteiger partial charge in [0.1, 0.15) is 5.56 Å². The zero-order valence-electron chi connectivity index (χ0n) is 11.5. The van der Waals surface area contributed by atoms with Gasteiger partial charge in [0.05, 0.1) is 15.4 Å². The lowest BCUT2D eigenvalue weighted by Gasteiger charge is -2.18. The summed E-state index contributed by atoms with van der Waals surface area (Å²) in [5.74, 6) is -3.87. The van der Waals surface area contributed by atoms with Crippen molar-refractivity contribution in [1.82, 2.24) is 0 Å². The highest BCUT2D eigenvalue weighted by atomic mass is 16.6. The SMILES string of the molecule is O=C1c2ccc([N+](=O)[O-])c(O)c2C(=O)c2c1ccc(O)c2[N+](=O)[O-]. The second-order valence-electron chi connectivity index (χ2n) is 4.88. The van der Waals surface area contributed by atoms with E-state index in [-0.39, 0.29) is 11.1 Å². The van der Waals surface area contributed by atoms with E-state index in [0.717, 1.165) is 24.3 Å². The Balaban J connectivity index is 2.40. The minimum atomic E-state index is -1.15. The Labute approximate surface area is 131 Å². The maximum absolute atomic E-state index is 12.6. The van der Waals surface area contributed by atoms with E-state index in [1.54, 1.807) is 0 Å². The highest BCUT2D eigenvalue weighted by Crippen LogP contribution is 2.43. The van der Waals surface area contributed by atoms with Crippen LogP contribution >= 0.6 is 0 Å². The number of benzene rings is 2. The van der Waals surface area contributed by atoms with Gasteiger partial charge in [0.2, 0.25) is 11.5 Å². The number of fused-ring (bicyclic) bond motifs is 2. The number of phenols is 2. The number of hydrogen-bond acceptors (Lipinski definition) is 8. The highest BCUT2D eigenvalue weighted by Gasteiger charge is 2.40. The van der Waals surface area contributed by atoms with Crippen LogP contribution in [0.15, 0.2) is 24.3 Å². The Bertz CT molecular complexity index is 979. The number of rotatable bonds is 2. The third-order valence-corrected chi connectivity index (χ3v) is 3.64. The number of carbonyl (C=O) groups excluding carboxylic acids is 2. The molecule has 2 N–H and O–H groups in total. The van der Waals surface area contributed by atoms with Gasteiger partial charge in [0.15, 0.2) is 11.5 Å². The highest BCUT2D eigenvalue weighted by molar-refractivity contribution is 6.31. The second-order valence-corrected chi connectivity index (χ2v) is 4.88. The number of nitro benzene ring substituents is 2. The van der Waals surface area contributed by atoms with Crippen LogP contribution < -0.4 is 0 Å². The van der Waals surface area contributed by atoms with Gasteiger partial charge < -0.3 is 10.2 Å². The third kappa shape index (κ3) is 1.83. The summed E-state index contributed by atoms with van der Waals surface area (Å²) in [6.07, 6.45) is 0. The van der Waals surface area contributed by atoms with Crippen LogP contribution in [0.4, 0.5) is 11.4 Å². The number of hydrogen-bond donors (Lipinski definition) is 2. The van der Waals surface area contributed by atoms with Gasteiger partial charge in [-0.25, -0.2) is 0 Å². The molecule has 3 rings (SSSR count). The summed E-state index contributed by atoms with van der Waals surface area (Å²) < 4.78 is 0. The largest absolute Gasteiger partial charge is 0.502 e. The van der Waals surface area contributed by atoms with Crippen molar-refractivity contribution < 1.29 is 29.6 Å². The molecule has 0 saturated heterocycles. The molecule has 1 aliphatic rings. The predicted octanol–water partition coefficient (Wildman–Crippen LogP) is 1.69. The Morgan fingerprint density at radius 3 is 1.96 bits per heavy atom. The van der Waals surface area contributed by atoms with Crippen LogP contribution in [-0.2, 0) is 0 Å². The number of phenolic OH excluding ortho intramolecular Hbond substituents is 2. The van der Waals surface area contributed by atoms with Gasteiger partial charge in [0.25, 0.3) is 0 Å². The van der Waals surface area contributed by atoms with E-state index in [0.29, 0.717) is 0 Å². The average molecular weight is 330 g/mol. The van der Waals surface area contributed by atoms with Gasteiger partial charge in [-0.05, 0) is 18.2 Å². The molecule has 0 aromatic heterocycles. The minimum absolute atomic E-state index is 0.310. The topological polar surface area (TPSA) is 161 Å². The lowest BCUT2D eigenvalue weighted by molar-refractivity contribution is -0.386. The third-order valence-electron chi connectivity index (χ3n) is 3.64. The first kappa shape index (κ1) is 15.1. The van der Waals surface area contributed by atoms with E-state index in [1.165, 1.54) is 0 Å². The quantitative estimate of drug-likeness (QED) is 0.530. The fourth-order valence-electron chi connectivity index (χ4n) is 2.60. The van der Waals surface area contributed by atoms with Gasteiger partial charge >= 0.3 is 11.4 Å². The fraction of sp³-hybridized carbons (Fsp3) is 0. The Hall–Kier alpha value is -3.82. The summed E-state index contributed by atoms with van der Waals surface area (Å²) in [5, 5.41) is 41.6. The Kier molecular flexibility index (Phi) is 3.04. The molecule has 120 valence electrons. The van der Waals surface area contributed by atoms with Crippen molar-refractivity contribution in [2.24, 2.45) is 0 Å². The normalized spacial score (nSPS) is 12.5. The summed E-state index contributed by atoms with van der Waals surface area (Å²) in [6, 6.07) is 3.80. The molecule has 24 heavy (non-hydrogen) atoms. The first-order valence-electron chi connectivity index (χ1n) is 6.35. The number of carbonyl (C=O) groups is 2. The van der Waals surface area contributed by atoms with Crippen LogP contribution in [0.1, 0.15) is 31.8 Å². The lowest BCUT2D eigenvalue weighted by Crippen LogP contribution is -2.22. The molecule has 2 aromatic carbocycles. The molecule has 0 saturated carbocycles. The molecule has 0 fully saturated rings. The molecule has 10 nitrogen and oxygen atoms in total. The zero-order chi connectivity index (χ0) is 17.8. The van der Waals surface area contributed by atoms with E-state index in [1.807, 2.05) is 0 Å². The maximum Gasteiger partial charge on any atom is 0.322 e. The summed E-state index contributed by atoms with van der Waals surface area (Å²) in [7, 11) is 0. The van der Waals surface area contributed by atoms with Gasteiger partial charge in [-0.1, -0.05) is 0 Å². The first-order chi connectivity index (χ1) is 11.3. The molecule has 0 amide bonds. The fourth-order valence-corrected chi connectivity index (χ4v) is 2.60. The summed E-state index contributed by atoms with van der Waals surface area (Å²) >= 11 is 0. The van der Waals surface area contributed by atoms with Gasteiger partial charge in [-0.15, -0.1) is 0 Å². The van der Waals surface area contributed by atoms with Crippen LogP contribution in [0, 0.1) is 20.2 Å². The first-order valence-corrected chi connectivity index (χ1v) is 6.35. The van der Waals surface area contributed by atoms with Crippen molar-refractivity contribution in [3.05, 3.63) is 66.7 Å². The minimum Gasteiger partial charge on any atom is -0.502 e. The molecule has 0 unspecified atom stereocenters. The molecular formula is C14H6N2O8. The predicted molar refractivity (Wildman–Crippen MR) is 76.4 cm³/mol. The van der Waals surface area contributed by atoms with Crippen molar-refractivity contribution in [3.63, 3.8) is 0 Å². The second kappa shape index (κ2) is 4.84. The van der Waals surface area contributed by atoms with Crippen molar-refractivity contribution in [1.29, 1.82) is 0 Å². The molecule has 1 aliphatic carbocycles. The smallest absolute Gasteiger partial charge is 0.322 e. The van der Waals surface area contributed by atoms with Gasteiger partial charge in [0, 0.05) is 17.2 Å². The van der Waals surface area contributed by atoms with E-state index in [2.05, 4.69) is 0 Å². The molecule has 0 heterocycles. The number of ketones is 2. The van der Waals surface area contributed by atoms with Crippen LogP contribution in [0.5, 0.6) is 11.5 Å². The van der Waals surface area contributed by atoms with Crippen molar-refractivity contribution >= 4 is 22.9 Å². The van der Waals surface area contributed by atoms with E-state index < -0.39 is 55.4 Å². The summed E-state index contributed by atoms with van der Waals surface area (Å²) in [6.45, 7) is 0. The Morgan fingerprint density at radius 1 is 0.792 bits per heavy atom. The molecule has 0 spiro atoms. The molecule has 10 heteroatoms. The average Bonchev–Trinajstić information content (AvgIpc) is 2.51. The standard InChI is InChI=1S/C14H6N2O8/c17-8-4-2-5-9(11(8)16(23)24)14(20)10-6(12(5)18)1-3-7(13(10)19)15(21)22/h1-4,17,19H. The van der Waals surface area contributed by atoms with Gasteiger partial charge in [-0.2, -0.15) is 0 Å². The molecule has 0 atom stereocenters. The molecule has 0 radical (unpaired) electrons. The zero-order valence-corrected chi connectivity index (χ0v) is 11.5. The van der Waals surface area contributed by atoms with Crippen LogP contribution in [-0.4, -0.2) is 31.6 Å². The van der Waals surface area contributed by atoms with E-state index >= 15 is 0 Å². The summed E-state index contributed by atoms with van der Waals surface area (Å²) in [4.78, 5) is 45.0. The van der Waals surface area contributed by atoms with E-state index in [9.17, 15) is 40.0 Å². The molecular weight excluding hydrogens is 324 g/mol. The maximum atomic E-state index is 12.6. The lowest BCUT2D eigenvalue weighted by atomic mass is 9.82. The molecule has 2 aromatic rings. The van der Waals surface area contributed by atoms with Gasteiger partial charge in [-0.3, -0.25) is 29.8 Å². The van der Waals surface area contributed by atoms with Crippen LogP contribution in [0.3, 0.4) is 0 Å². The monoisotopic (exact) mass is 330 g/mol. The van der Waals surface area contributed by atoms with Crippen molar-refractivity contribution in [2.45, 2.75) is 0 Å². The van der Waals surface area contributed by atoms with Crippen molar-refractivity contribution in [2.75, 3.05) is 0 Å². The van der Waals surface area contributed by atoms with Crippen LogP contribution in [0.25, 0.3) is 0 Å². The Morgan fingerprint density at radius 2 is 1.38 bits per heavy atom. The number of nitro groups is 2. The number of aromatic hydroxyl groups is 2. The number of nitrogens with zero attached hydrogens (tertiary/aromatic N) is 2. The van der Waals surface area contributed by atoms with Crippen LogP contribution in [0.2, 0.25) is 0 Å².